The van der Waals surface area contributed by atoms with E-state index in [4.69, 9.17) is 4.74 Å². The number of allylic oxidation sites excluding steroid dienone is 1. The Morgan fingerprint density at radius 2 is 2.43 bits per heavy atom. The maximum atomic E-state index is 4.77. The van der Waals surface area contributed by atoms with Crippen LogP contribution in [-0.4, -0.2) is 10.2 Å². The molecule has 0 aliphatic carbocycles. The zero-order valence-electron chi connectivity index (χ0n) is 4.27. The number of rotatable bonds is 2. The summed E-state index contributed by atoms with van der Waals surface area (Å²) in [5.74, 6) is 0.689. The van der Waals surface area contributed by atoms with E-state index >= 15 is 0 Å². The van der Waals surface area contributed by atoms with Crippen LogP contribution in [0.4, 0.5) is 0 Å². The molecular formula is C5H7OSi. The van der Waals surface area contributed by atoms with E-state index in [2.05, 4.69) is 16.8 Å². The highest BCUT2D eigenvalue weighted by molar-refractivity contribution is 6.16. The van der Waals surface area contributed by atoms with Gasteiger partial charge in [0.25, 0.3) is 0 Å². The summed E-state index contributed by atoms with van der Waals surface area (Å²) in [7, 11) is 3.07. The van der Waals surface area contributed by atoms with E-state index in [9.17, 15) is 0 Å². The van der Waals surface area contributed by atoms with Gasteiger partial charge in [-0.15, -0.1) is 0 Å². The van der Waals surface area contributed by atoms with Crippen molar-refractivity contribution in [2.24, 2.45) is 0 Å². The van der Waals surface area contributed by atoms with Crippen LogP contribution in [0.2, 0.25) is 0 Å². The Balaban J connectivity index is 3.14. The van der Waals surface area contributed by atoms with E-state index in [0.717, 1.165) is 0 Å². The Labute approximate surface area is 47.1 Å². The van der Waals surface area contributed by atoms with Crippen LogP contribution in [0, 0.1) is 0 Å². The topological polar surface area (TPSA) is 9.23 Å². The maximum Gasteiger partial charge on any atom is 0.0929 e. The van der Waals surface area contributed by atoms with Gasteiger partial charge in [-0.05, 0) is 6.92 Å². The molecule has 0 rings (SSSR count). The number of hydrogen-bond acceptors (Lipinski definition) is 1. The molecule has 0 bridgehead atoms. The molecule has 0 saturated carbocycles. The van der Waals surface area contributed by atoms with Gasteiger partial charge in [-0.25, -0.2) is 0 Å². The molecular weight excluding hydrogens is 104 g/mol. The van der Waals surface area contributed by atoms with Gasteiger partial charge in [0.1, 0.15) is 0 Å². The average Bonchev–Trinajstić information content (AvgIpc) is 1.61. The minimum Gasteiger partial charge on any atom is -0.471 e. The molecule has 37 valence electrons. The molecule has 0 aromatic heterocycles. The monoisotopic (exact) mass is 111 g/mol. The SMILES string of the molecule is C=C(C)OC=C[Si]. The zero-order chi connectivity index (χ0) is 5.70. The molecule has 1 nitrogen and oxygen atoms in total. The van der Waals surface area contributed by atoms with Crippen LogP contribution in [0.5, 0.6) is 0 Å². The summed E-state index contributed by atoms with van der Waals surface area (Å²) in [5, 5.41) is 0. The van der Waals surface area contributed by atoms with E-state index in [1.165, 1.54) is 6.26 Å². The first kappa shape index (κ1) is 6.50. The Hall–Kier alpha value is -0.503. The van der Waals surface area contributed by atoms with Crippen molar-refractivity contribution in [3.8, 4) is 0 Å². The first-order valence-corrected chi connectivity index (χ1v) is 2.49. The van der Waals surface area contributed by atoms with Gasteiger partial charge in [0.15, 0.2) is 0 Å². The third-order valence-corrected chi connectivity index (χ3v) is 0.473. The van der Waals surface area contributed by atoms with Crippen molar-refractivity contribution in [1.29, 1.82) is 0 Å². The lowest BCUT2D eigenvalue weighted by Gasteiger charge is -1.91. The fourth-order valence-electron chi connectivity index (χ4n) is 0.150. The predicted molar refractivity (Wildman–Crippen MR) is 30.8 cm³/mol. The molecule has 7 heavy (non-hydrogen) atoms. The second-order valence-corrected chi connectivity index (χ2v) is 1.46. The van der Waals surface area contributed by atoms with E-state index < -0.39 is 0 Å². The molecule has 3 radical (unpaired) electrons. The van der Waals surface area contributed by atoms with Crippen LogP contribution in [-0.2, 0) is 4.74 Å². The third kappa shape index (κ3) is 5.50. The Morgan fingerprint density at radius 1 is 1.86 bits per heavy atom. The smallest absolute Gasteiger partial charge is 0.0929 e. The Bertz CT molecular complexity index is 86.1. The lowest BCUT2D eigenvalue weighted by atomic mass is 10.7. The molecule has 0 fully saturated rings. The highest BCUT2D eigenvalue weighted by Crippen LogP contribution is 1.87. The zero-order valence-corrected chi connectivity index (χ0v) is 5.27. The van der Waals surface area contributed by atoms with Gasteiger partial charge < -0.3 is 4.74 Å². The number of ether oxygens (including phenoxy) is 1. The first-order chi connectivity index (χ1) is 3.27. The van der Waals surface area contributed by atoms with Gasteiger partial charge in [-0.2, -0.15) is 0 Å². The lowest BCUT2D eigenvalue weighted by molar-refractivity contribution is 0.356. The molecule has 0 amide bonds. The molecule has 0 spiro atoms. The molecule has 0 saturated heterocycles. The van der Waals surface area contributed by atoms with Crippen LogP contribution in [0.3, 0.4) is 0 Å². The summed E-state index contributed by atoms with van der Waals surface area (Å²) in [6.07, 6.45) is 1.51. The summed E-state index contributed by atoms with van der Waals surface area (Å²) in [6.45, 7) is 5.28. The molecule has 0 aliphatic rings. The molecule has 0 unspecified atom stereocenters. The van der Waals surface area contributed by atoms with Crippen LogP contribution in [0.15, 0.2) is 24.3 Å². The van der Waals surface area contributed by atoms with Gasteiger partial charge in [0.2, 0.25) is 0 Å². The van der Waals surface area contributed by atoms with Gasteiger partial charge in [-0.3, -0.25) is 0 Å². The van der Waals surface area contributed by atoms with Crippen LogP contribution in [0.1, 0.15) is 6.92 Å². The van der Waals surface area contributed by atoms with E-state index in [0.29, 0.717) is 5.76 Å². The Morgan fingerprint density at radius 3 is 2.57 bits per heavy atom. The maximum absolute atomic E-state index is 4.77. The first-order valence-electron chi connectivity index (χ1n) is 1.92. The molecule has 0 atom stereocenters. The predicted octanol–water partition coefficient (Wildman–Crippen LogP) is 1.18. The minimum atomic E-state index is 0.689. The van der Waals surface area contributed by atoms with Crippen molar-refractivity contribution in [3.63, 3.8) is 0 Å². The molecule has 0 N–H and O–H groups in total. The van der Waals surface area contributed by atoms with Crippen molar-refractivity contribution in [2.45, 2.75) is 6.92 Å². The highest BCUT2D eigenvalue weighted by Gasteiger charge is 1.71. The summed E-state index contributed by atoms with van der Waals surface area (Å²) < 4.78 is 4.77. The molecule has 2 heteroatoms. The summed E-state index contributed by atoms with van der Waals surface area (Å²) in [5.41, 5.74) is 1.62. The fourth-order valence-corrected chi connectivity index (χ4v) is 0.218. The van der Waals surface area contributed by atoms with Gasteiger partial charge in [-0.1, -0.05) is 12.3 Å². The second kappa shape index (κ2) is 3.68. The minimum absolute atomic E-state index is 0.689. The quantitative estimate of drug-likeness (QED) is 0.384. The standard InChI is InChI=1S/C5H7OSi/c1-5(2)6-3-4-7/h3-4H,1H2,2H3. The van der Waals surface area contributed by atoms with Crippen molar-refractivity contribution in [2.75, 3.05) is 0 Å². The largest absolute Gasteiger partial charge is 0.471 e. The van der Waals surface area contributed by atoms with Gasteiger partial charge in [0.05, 0.1) is 22.3 Å². The number of hydrogen-bond donors (Lipinski definition) is 0. The normalized spacial score (nSPS) is 9.43. The lowest BCUT2D eigenvalue weighted by Crippen LogP contribution is -1.71. The summed E-state index contributed by atoms with van der Waals surface area (Å²) in [6, 6.07) is 0. The molecule has 0 aromatic carbocycles. The van der Waals surface area contributed by atoms with Gasteiger partial charge >= 0.3 is 0 Å². The Kier molecular flexibility index (Phi) is 3.41. The third-order valence-electron chi connectivity index (χ3n) is 0.337. The van der Waals surface area contributed by atoms with E-state index in [1.807, 2.05) is 0 Å². The summed E-state index contributed by atoms with van der Waals surface area (Å²) >= 11 is 0. The fraction of sp³-hybridized carbons (Fsp3) is 0.200. The molecule has 0 aromatic rings. The van der Waals surface area contributed by atoms with Crippen LogP contribution >= 0.6 is 0 Å². The van der Waals surface area contributed by atoms with E-state index in [-0.39, 0.29) is 0 Å². The average molecular weight is 111 g/mol. The highest BCUT2D eigenvalue weighted by atomic mass is 28.1. The van der Waals surface area contributed by atoms with Crippen LogP contribution in [0.25, 0.3) is 0 Å². The summed E-state index contributed by atoms with van der Waals surface area (Å²) in [4.78, 5) is 0. The second-order valence-electron chi connectivity index (χ2n) is 1.12. The van der Waals surface area contributed by atoms with Gasteiger partial charge in [0, 0.05) is 0 Å². The van der Waals surface area contributed by atoms with Crippen LogP contribution < -0.4 is 0 Å². The van der Waals surface area contributed by atoms with Crippen molar-refractivity contribution in [1.82, 2.24) is 0 Å². The van der Waals surface area contributed by atoms with Crippen molar-refractivity contribution < 1.29 is 4.74 Å². The van der Waals surface area contributed by atoms with E-state index in [1.54, 1.807) is 12.6 Å². The van der Waals surface area contributed by atoms with Crippen molar-refractivity contribution in [3.05, 3.63) is 24.3 Å². The molecule has 0 aliphatic heterocycles. The molecule has 0 heterocycles. The van der Waals surface area contributed by atoms with Crippen molar-refractivity contribution >= 4 is 10.2 Å².